The van der Waals surface area contributed by atoms with Crippen LogP contribution in [0.2, 0.25) is 0 Å². The molecule has 1 aliphatic heterocycles. The second-order valence-corrected chi connectivity index (χ2v) is 5.95. The average molecular weight is 326 g/mol. The summed E-state index contributed by atoms with van der Waals surface area (Å²) in [5.41, 5.74) is 2.98. The van der Waals surface area contributed by atoms with Crippen LogP contribution < -0.4 is 14.2 Å². The summed E-state index contributed by atoms with van der Waals surface area (Å²) in [6, 6.07) is 9.52. The van der Waals surface area contributed by atoms with Crippen molar-refractivity contribution in [2.75, 3.05) is 14.2 Å². The third-order valence-corrected chi connectivity index (χ3v) is 4.51. The Morgan fingerprint density at radius 1 is 1.17 bits per heavy atom. The number of phenols is 1. The van der Waals surface area contributed by atoms with Gasteiger partial charge < -0.3 is 19.3 Å². The number of phenolic OH excluding ortho intramolecular Hbond substituents is 1. The summed E-state index contributed by atoms with van der Waals surface area (Å²) in [7, 11) is 3.24. The van der Waals surface area contributed by atoms with Gasteiger partial charge in [-0.25, -0.2) is 0 Å². The highest BCUT2D eigenvalue weighted by molar-refractivity contribution is 5.52. The maximum atomic E-state index is 10.1. The number of allylic oxidation sites excluding steroid dienone is 1. The molecule has 0 aromatic heterocycles. The molecule has 0 aliphatic carbocycles. The molecule has 0 radical (unpaired) electrons. The monoisotopic (exact) mass is 326 g/mol. The molecule has 0 saturated heterocycles. The molecule has 1 aliphatic rings. The molecule has 2 atom stereocenters. The lowest BCUT2D eigenvalue weighted by Crippen LogP contribution is -2.07. The first-order valence-corrected chi connectivity index (χ1v) is 7.94. The molecule has 126 valence electrons. The zero-order chi connectivity index (χ0) is 17.3. The van der Waals surface area contributed by atoms with Crippen LogP contribution in [0.5, 0.6) is 23.0 Å². The maximum Gasteiger partial charge on any atom is 0.161 e. The summed E-state index contributed by atoms with van der Waals surface area (Å²) < 4.78 is 16.8. The van der Waals surface area contributed by atoms with Gasteiger partial charge in [0.15, 0.2) is 11.5 Å². The third kappa shape index (κ3) is 2.68. The molecule has 0 saturated carbocycles. The molecule has 0 spiro atoms. The predicted octanol–water partition coefficient (Wildman–Crippen LogP) is 4.38. The highest BCUT2D eigenvalue weighted by Crippen LogP contribution is 2.48. The van der Waals surface area contributed by atoms with E-state index < -0.39 is 0 Å². The fourth-order valence-corrected chi connectivity index (χ4v) is 3.20. The number of rotatable bonds is 5. The van der Waals surface area contributed by atoms with Gasteiger partial charge in [0.2, 0.25) is 0 Å². The van der Waals surface area contributed by atoms with E-state index in [1.165, 1.54) is 0 Å². The van der Waals surface area contributed by atoms with Crippen LogP contribution in [-0.2, 0) is 6.42 Å². The first kappa shape index (κ1) is 16.2. The van der Waals surface area contributed by atoms with E-state index in [1.54, 1.807) is 26.4 Å². The lowest BCUT2D eigenvalue weighted by Gasteiger charge is -2.17. The molecule has 2 aromatic carbocycles. The van der Waals surface area contributed by atoms with Crippen molar-refractivity contribution in [3.63, 3.8) is 0 Å². The smallest absolute Gasteiger partial charge is 0.161 e. The van der Waals surface area contributed by atoms with Crippen LogP contribution in [0.25, 0.3) is 0 Å². The number of benzene rings is 2. The van der Waals surface area contributed by atoms with Crippen LogP contribution in [-0.4, -0.2) is 19.3 Å². The van der Waals surface area contributed by atoms with Crippen LogP contribution in [0.4, 0.5) is 0 Å². The molecule has 4 heteroatoms. The molecule has 3 rings (SSSR count). The SMILES string of the molecule is C=CCc1cc2c(cc1O)O[C@@H](c1ccc(OC)c(OC)c1)[C@@H]2C. The molecule has 4 nitrogen and oxygen atoms in total. The van der Waals surface area contributed by atoms with Crippen molar-refractivity contribution in [1.29, 1.82) is 0 Å². The van der Waals surface area contributed by atoms with Gasteiger partial charge in [0.25, 0.3) is 0 Å². The van der Waals surface area contributed by atoms with E-state index >= 15 is 0 Å². The Morgan fingerprint density at radius 3 is 2.58 bits per heavy atom. The highest BCUT2D eigenvalue weighted by Gasteiger charge is 2.33. The summed E-state index contributed by atoms with van der Waals surface area (Å²) in [6.45, 7) is 5.87. The minimum atomic E-state index is -0.127. The van der Waals surface area contributed by atoms with Gasteiger partial charge >= 0.3 is 0 Å². The van der Waals surface area contributed by atoms with E-state index in [1.807, 2.05) is 24.3 Å². The molecule has 1 N–H and O–H groups in total. The third-order valence-electron chi connectivity index (χ3n) is 4.51. The first-order valence-electron chi connectivity index (χ1n) is 7.94. The number of aromatic hydroxyl groups is 1. The number of fused-ring (bicyclic) bond motifs is 1. The fraction of sp³-hybridized carbons (Fsp3) is 0.300. The van der Waals surface area contributed by atoms with Crippen LogP contribution in [0, 0.1) is 0 Å². The van der Waals surface area contributed by atoms with Crippen molar-refractivity contribution >= 4 is 0 Å². The van der Waals surface area contributed by atoms with Gasteiger partial charge in [-0.05, 0) is 35.7 Å². The number of hydrogen-bond donors (Lipinski definition) is 1. The standard InChI is InChI=1S/C20H22O4/c1-5-6-13-9-15-12(2)20(24-18(15)11-16(13)21)14-7-8-17(22-3)19(10-14)23-4/h5,7-12,20-21H,1,6H2,2-4H3/t12-,20-/m1/s1. The first-order chi connectivity index (χ1) is 11.6. The summed E-state index contributed by atoms with van der Waals surface area (Å²) in [4.78, 5) is 0. The van der Waals surface area contributed by atoms with Crippen molar-refractivity contribution in [2.45, 2.75) is 25.4 Å². The van der Waals surface area contributed by atoms with Crippen molar-refractivity contribution in [2.24, 2.45) is 0 Å². The molecule has 0 unspecified atom stereocenters. The lowest BCUT2D eigenvalue weighted by atomic mass is 9.91. The number of ether oxygens (including phenoxy) is 3. The largest absolute Gasteiger partial charge is 0.508 e. The minimum absolute atomic E-state index is 0.127. The van der Waals surface area contributed by atoms with E-state index in [2.05, 4.69) is 13.5 Å². The summed E-state index contributed by atoms with van der Waals surface area (Å²) in [5, 5.41) is 10.1. The predicted molar refractivity (Wildman–Crippen MR) is 93.3 cm³/mol. The van der Waals surface area contributed by atoms with Crippen LogP contribution in [0.3, 0.4) is 0 Å². The molecule has 0 fully saturated rings. The van der Waals surface area contributed by atoms with E-state index in [0.29, 0.717) is 17.9 Å². The van der Waals surface area contributed by atoms with Crippen molar-refractivity contribution in [3.05, 3.63) is 59.7 Å². The molecule has 2 aromatic rings. The topological polar surface area (TPSA) is 47.9 Å². The Bertz CT molecular complexity index is 766. The van der Waals surface area contributed by atoms with Gasteiger partial charge in [-0.1, -0.05) is 19.1 Å². The Hall–Kier alpha value is -2.62. The van der Waals surface area contributed by atoms with E-state index in [-0.39, 0.29) is 17.8 Å². The Balaban J connectivity index is 1.96. The zero-order valence-electron chi connectivity index (χ0n) is 14.2. The van der Waals surface area contributed by atoms with Gasteiger partial charge in [-0.3, -0.25) is 0 Å². The van der Waals surface area contributed by atoms with E-state index in [0.717, 1.165) is 22.4 Å². The van der Waals surface area contributed by atoms with E-state index in [9.17, 15) is 5.11 Å². The van der Waals surface area contributed by atoms with Gasteiger partial charge in [-0.15, -0.1) is 6.58 Å². The number of methoxy groups -OCH3 is 2. The minimum Gasteiger partial charge on any atom is -0.508 e. The lowest BCUT2D eigenvalue weighted by molar-refractivity contribution is 0.214. The molecule has 1 heterocycles. The summed E-state index contributed by atoms with van der Waals surface area (Å²) in [6.07, 6.45) is 2.29. The van der Waals surface area contributed by atoms with Crippen LogP contribution in [0.1, 0.15) is 35.6 Å². The molecule has 0 amide bonds. The van der Waals surface area contributed by atoms with Gasteiger partial charge in [0.05, 0.1) is 14.2 Å². The second kappa shape index (κ2) is 6.48. The fourth-order valence-electron chi connectivity index (χ4n) is 3.20. The number of hydrogen-bond acceptors (Lipinski definition) is 4. The summed E-state index contributed by atoms with van der Waals surface area (Å²) in [5.74, 6) is 2.51. The Morgan fingerprint density at radius 2 is 1.92 bits per heavy atom. The quantitative estimate of drug-likeness (QED) is 0.829. The average Bonchev–Trinajstić information content (AvgIpc) is 2.91. The van der Waals surface area contributed by atoms with Crippen LogP contribution in [0.15, 0.2) is 43.0 Å². The second-order valence-electron chi connectivity index (χ2n) is 5.95. The van der Waals surface area contributed by atoms with Crippen LogP contribution >= 0.6 is 0 Å². The highest BCUT2D eigenvalue weighted by atomic mass is 16.5. The maximum absolute atomic E-state index is 10.1. The molecule has 0 bridgehead atoms. The van der Waals surface area contributed by atoms with Gasteiger partial charge in [0.1, 0.15) is 17.6 Å². The zero-order valence-corrected chi connectivity index (χ0v) is 14.2. The Labute approximate surface area is 142 Å². The van der Waals surface area contributed by atoms with Crippen molar-refractivity contribution < 1.29 is 19.3 Å². The van der Waals surface area contributed by atoms with E-state index in [4.69, 9.17) is 14.2 Å². The molecular weight excluding hydrogens is 304 g/mol. The molecular formula is C20H22O4. The van der Waals surface area contributed by atoms with Crippen molar-refractivity contribution in [3.8, 4) is 23.0 Å². The Kier molecular flexibility index (Phi) is 4.38. The van der Waals surface area contributed by atoms with Gasteiger partial charge in [-0.2, -0.15) is 0 Å². The summed E-state index contributed by atoms with van der Waals surface area (Å²) >= 11 is 0. The van der Waals surface area contributed by atoms with Crippen molar-refractivity contribution in [1.82, 2.24) is 0 Å². The molecule has 24 heavy (non-hydrogen) atoms. The van der Waals surface area contributed by atoms with Gasteiger partial charge in [0, 0.05) is 17.5 Å². The normalized spacial score (nSPS) is 18.6.